The number of hydrogen-bond donors (Lipinski definition) is 1. The molecule has 1 aromatic heterocycles. The lowest BCUT2D eigenvalue weighted by molar-refractivity contribution is 0.0489. The maximum atomic E-state index is 10.7. The van der Waals surface area contributed by atoms with E-state index in [1.54, 1.807) is 7.11 Å². The SMILES string of the molecule is COc1ccc2cc(-c3ccc(C4CC5CCN4CC5)cc3O)ccc2n1. The summed E-state index contributed by atoms with van der Waals surface area (Å²) in [4.78, 5) is 7.03. The number of fused-ring (bicyclic) bond motifs is 4. The Labute approximate surface area is 159 Å². The van der Waals surface area contributed by atoms with Gasteiger partial charge in [0.05, 0.1) is 12.6 Å². The molecule has 0 amide bonds. The molecule has 3 aromatic rings. The Bertz CT molecular complexity index is 993. The highest BCUT2D eigenvalue weighted by Gasteiger charge is 2.34. The second-order valence-corrected chi connectivity index (χ2v) is 7.77. The van der Waals surface area contributed by atoms with Crippen molar-refractivity contribution in [2.24, 2.45) is 5.92 Å². The number of benzene rings is 2. The molecule has 4 heterocycles. The minimum Gasteiger partial charge on any atom is -0.507 e. The van der Waals surface area contributed by atoms with Crippen LogP contribution in [0.15, 0.2) is 48.5 Å². The maximum Gasteiger partial charge on any atom is 0.213 e. The molecule has 1 unspecified atom stereocenters. The van der Waals surface area contributed by atoms with Gasteiger partial charge in [-0.15, -0.1) is 0 Å². The molecule has 3 aliphatic heterocycles. The predicted molar refractivity (Wildman–Crippen MR) is 107 cm³/mol. The first-order chi connectivity index (χ1) is 13.2. The van der Waals surface area contributed by atoms with E-state index in [2.05, 4.69) is 28.1 Å². The zero-order chi connectivity index (χ0) is 18.4. The number of hydrogen-bond acceptors (Lipinski definition) is 4. The Morgan fingerprint density at radius 3 is 2.59 bits per heavy atom. The van der Waals surface area contributed by atoms with Crippen molar-refractivity contribution in [1.82, 2.24) is 9.88 Å². The van der Waals surface area contributed by atoms with Crippen molar-refractivity contribution < 1.29 is 9.84 Å². The standard InChI is InChI=1S/C23H24N2O2/c1-27-23-7-4-17-13-16(3-6-20(17)24-23)19-5-2-18(14-22(19)26)21-12-15-8-10-25(21)11-9-15/h2-7,13-15,21,26H,8-12H2,1H3. The van der Waals surface area contributed by atoms with Gasteiger partial charge in [0, 0.05) is 23.1 Å². The van der Waals surface area contributed by atoms with Crippen molar-refractivity contribution in [2.75, 3.05) is 20.2 Å². The number of ether oxygens (including phenoxy) is 1. The van der Waals surface area contributed by atoms with Crippen LogP contribution < -0.4 is 4.74 Å². The second-order valence-electron chi connectivity index (χ2n) is 7.77. The highest BCUT2D eigenvalue weighted by molar-refractivity contribution is 5.86. The number of piperidine rings is 3. The summed E-state index contributed by atoms with van der Waals surface area (Å²) in [5, 5.41) is 11.8. The van der Waals surface area contributed by atoms with Crippen LogP contribution in [0.3, 0.4) is 0 Å². The Hall–Kier alpha value is -2.59. The van der Waals surface area contributed by atoms with Gasteiger partial charge in [0.2, 0.25) is 5.88 Å². The van der Waals surface area contributed by atoms with Crippen LogP contribution in [0.4, 0.5) is 0 Å². The highest BCUT2D eigenvalue weighted by Crippen LogP contribution is 2.42. The molecule has 6 rings (SSSR count). The van der Waals surface area contributed by atoms with Crippen molar-refractivity contribution in [1.29, 1.82) is 0 Å². The lowest BCUT2D eigenvalue weighted by Gasteiger charge is -2.45. The Kier molecular flexibility index (Phi) is 4.01. The molecule has 2 aromatic carbocycles. The van der Waals surface area contributed by atoms with Crippen LogP contribution in [-0.4, -0.2) is 35.2 Å². The van der Waals surface area contributed by atoms with Crippen molar-refractivity contribution in [3.8, 4) is 22.8 Å². The molecule has 3 aliphatic rings. The van der Waals surface area contributed by atoms with Gasteiger partial charge in [0.1, 0.15) is 5.75 Å². The summed E-state index contributed by atoms with van der Waals surface area (Å²) >= 11 is 0. The van der Waals surface area contributed by atoms with Crippen LogP contribution in [0.5, 0.6) is 11.6 Å². The quantitative estimate of drug-likeness (QED) is 0.731. The first-order valence-corrected chi connectivity index (χ1v) is 9.73. The van der Waals surface area contributed by atoms with Crippen LogP contribution >= 0.6 is 0 Å². The lowest BCUT2D eigenvalue weighted by atomic mass is 9.80. The zero-order valence-corrected chi connectivity index (χ0v) is 15.6. The first kappa shape index (κ1) is 16.6. The van der Waals surface area contributed by atoms with E-state index in [4.69, 9.17) is 4.74 Å². The van der Waals surface area contributed by atoms with Crippen molar-refractivity contribution >= 4 is 10.9 Å². The largest absolute Gasteiger partial charge is 0.507 e. The molecule has 4 heteroatoms. The van der Waals surface area contributed by atoms with Gasteiger partial charge in [-0.3, -0.25) is 4.90 Å². The van der Waals surface area contributed by atoms with E-state index in [-0.39, 0.29) is 0 Å². The molecule has 0 saturated carbocycles. The third-order valence-electron chi connectivity index (χ3n) is 6.24. The molecule has 0 radical (unpaired) electrons. The summed E-state index contributed by atoms with van der Waals surface area (Å²) in [6, 6.07) is 16.6. The van der Waals surface area contributed by atoms with Gasteiger partial charge in [0.15, 0.2) is 0 Å². The van der Waals surface area contributed by atoms with E-state index in [0.717, 1.165) is 27.9 Å². The molecule has 4 nitrogen and oxygen atoms in total. The molecule has 138 valence electrons. The summed E-state index contributed by atoms with van der Waals surface area (Å²) in [6.45, 7) is 2.39. The zero-order valence-electron chi connectivity index (χ0n) is 15.6. The van der Waals surface area contributed by atoms with E-state index in [1.807, 2.05) is 30.3 Å². The van der Waals surface area contributed by atoms with Crippen LogP contribution in [-0.2, 0) is 0 Å². The average molecular weight is 360 g/mol. The summed E-state index contributed by atoms with van der Waals surface area (Å²) < 4.78 is 5.19. The third-order valence-corrected chi connectivity index (χ3v) is 6.24. The molecule has 1 N–H and O–H groups in total. The fourth-order valence-corrected chi connectivity index (χ4v) is 4.70. The van der Waals surface area contributed by atoms with Crippen LogP contribution in [0.2, 0.25) is 0 Å². The minimum absolute atomic E-state index is 0.357. The van der Waals surface area contributed by atoms with Crippen LogP contribution in [0.25, 0.3) is 22.0 Å². The summed E-state index contributed by atoms with van der Waals surface area (Å²) in [5.74, 6) is 1.82. The fourth-order valence-electron chi connectivity index (χ4n) is 4.70. The monoisotopic (exact) mass is 360 g/mol. The lowest BCUT2D eigenvalue weighted by Crippen LogP contribution is -2.43. The number of pyridine rings is 1. The summed E-state index contributed by atoms with van der Waals surface area (Å²) in [6.07, 6.45) is 3.88. The molecule has 1 atom stereocenters. The van der Waals surface area contributed by atoms with Gasteiger partial charge in [0.25, 0.3) is 0 Å². The van der Waals surface area contributed by atoms with Gasteiger partial charge in [-0.25, -0.2) is 4.98 Å². The van der Waals surface area contributed by atoms with E-state index in [1.165, 1.54) is 37.9 Å². The molecular formula is C23H24N2O2. The molecular weight excluding hydrogens is 336 g/mol. The molecule has 3 fully saturated rings. The number of aromatic nitrogens is 1. The van der Waals surface area contributed by atoms with E-state index < -0.39 is 0 Å². The maximum absolute atomic E-state index is 10.7. The number of rotatable bonds is 3. The highest BCUT2D eigenvalue weighted by atomic mass is 16.5. The average Bonchev–Trinajstić information content (AvgIpc) is 2.73. The number of phenolic OH excluding ortho intramolecular Hbond substituents is 1. The normalized spacial score (nSPS) is 24.3. The smallest absolute Gasteiger partial charge is 0.213 e. The van der Waals surface area contributed by atoms with Gasteiger partial charge in [-0.05, 0) is 73.7 Å². The van der Waals surface area contributed by atoms with Gasteiger partial charge in [-0.1, -0.05) is 18.2 Å². The molecule has 2 bridgehead atoms. The minimum atomic E-state index is 0.357. The van der Waals surface area contributed by atoms with E-state index >= 15 is 0 Å². The Morgan fingerprint density at radius 1 is 1.04 bits per heavy atom. The molecule has 0 aliphatic carbocycles. The van der Waals surface area contributed by atoms with Gasteiger partial charge >= 0.3 is 0 Å². The number of methoxy groups -OCH3 is 1. The van der Waals surface area contributed by atoms with Gasteiger partial charge < -0.3 is 9.84 Å². The van der Waals surface area contributed by atoms with E-state index in [9.17, 15) is 5.11 Å². The van der Waals surface area contributed by atoms with Crippen LogP contribution in [0.1, 0.15) is 30.9 Å². The topological polar surface area (TPSA) is 45.6 Å². The molecule has 27 heavy (non-hydrogen) atoms. The second kappa shape index (κ2) is 6.54. The van der Waals surface area contributed by atoms with Crippen LogP contribution in [0, 0.1) is 5.92 Å². The summed E-state index contributed by atoms with van der Waals surface area (Å²) in [5.41, 5.74) is 4.00. The van der Waals surface area contributed by atoms with E-state index in [0.29, 0.717) is 17.7 Å². The van der Waals surface area contributed by atoms with Crippen molar-refractivity contribution in [2.45, 2.75) is 25.3 Å². The Balaban J connectivity index is 1.48. The Morgan fingerprint density at radius 2 is 1.89 bits per heavy atom. The number of phenols is 1. The predicted octanol–water partition coefficient (Wildman–Crippen LogP) is 4.77. The fraction of sp³-hybridized carbons (Fsp3) is 0.348. The number of nitrogens with zero attached hydrogens (tertiary/aromatic N) is 2. The van der Waals surface area contributed by atoms with Crippen molar-refractivity contribution in [3.05, 3.63) is 54.1 Å². The third kappa shape index (κ3) is 2.94. The van der Waals surface area contributed by atoms with Gasteiger partial charge in [-0.2, -0.15) is 0 Å². The molecule has 0 spiro atoms. The first-order valence-electron chi connectivity index (χ1n) is 9.73. The summed E-state index contributed by atoms with van der Waals surface area (Å²) in [7, 11) is 1.62. The number of aromatic hydroxyl groups is 1. The molecule has 3 saturated heterocycles. The van der Waals surface area contributed by atoms with Crippen molar-refractivity contribution in [3.63, 3.8) is 0 Å².